The Labute approximate surface area is 88.6 Å². The third-order valence-electron chi connectivity index (χ3n) is 1.89. The predicted octanol–water partition coefficient (Wildman–Crippen LogP) is 2.02. The number of halogens is 1. The largest absolute Gasteiger partial charge is 0.255 e. The van der Waals surface area contributed by atoms with E-state index in [2.05, 4.69) is 9.97 Å². The van der Waals surface area contributed by atoms with Crippen LogP contribution in [-0.2, 0) is 10.8 Å². The molecule has 72 valence electrons. The van der Waals surface area contributed by atoms with Gasteiger partial charge in [-0.25, -0.2) is 9.97 Å². The molecular weight excluding hydrogens is 220 g/mol. The van der Waals surface area contributed by atoms with E-state index in [1.807, 2.05) is 0 Å². The topological polar surface area (TPSA) is 42.9 Å². The van der Waals surface area contributed by atoms with Gasteiger partial charge in [-0.1, -0.05) is 11.6 Å². The standard InChI is InChI=1S/C9H7ClN2OS/c1-14(13)6-2-3-7-8(4-6)11-5-12-9(7)10/h2-5H,1H3. The molecule has 0 fully saturated rings. The molecule has 0 spiro atoms. The lowest BCUT2D eigenvalue weighted by Gasteiger charge is -2.00. The molecule has 0 amide bonds. The lowest BCUT2D eigenvalue weighted by atomic mass is 10.2. The Balaban J connectivity index is 2.73. The first-order valence-corrected chi connectivity index (χ1v) is 5.86. The zero-order chi connectivity index (χ0) is 10.1. The number of nitrogens with zero attached hydrogens (tertiary/aromatic N) is 2. The molecule has 1 atom stereocenters. The van der Waals surface area contributed by atoms with Gasteiger partial charge < -0.3 is 0 Å². The van der Waals surface area contributed by atoms with Gasteiger partial charge >= 0.3 is 0 Å². The van der Waals surface area contributed by atoms with Crippen molar-refractivity contribution in [3.63, 3.8) is 0 Å². The van der Waals surface area contributed by atoms with Crippen molar-refractivity contribution in [2.45, 2.75) is 4.90 Å². The van der Waals surface area contributed by atoms with E-state index in [1.165, 1.54) is 6.33 Å². The summed E-state index contributed by atoms with van der Waals surface area (Å²) in [4.78, 5) is 8.66. The van der Waals surface area contributed by atoms with Crippen LogP contribution in [0.3, 0.4) is 0 Å². The maximum Gasteiger partial charge on any atom is 0.140 e. The molecule has 0 aliphatic heterocycles. The summed E-state index contributed by atoms with van der Waals surface area (Å²) in [7, 11) is -0.995. The van der Waals surface area contributed by atoms with Gasteiger partial charge in [0.05, 0.1) is 5.52 Å². The Morgan fingerprint density at radius 3 is 2.86 bits per heavy atom. The first-order chi connectivity index (χ1) is 6.68. The minimum Gasteiger partial charge on any atom is -0.255 e. The molecule has 1 aromatic carbocycles. The molecular formula is C9H7ClN2OS. The van der Waals surface area contributed by atoms with E-state index in [-0.39, 0.29) is 0 Å². The van der Waals surface area contributed by atoms with Gasteiger partial charge in [-0.3, -0.25) is 4.21 Å². The van der Waals surface area contributed by atoms with Gasteiger partial charge in [0.2, 0.25) is 0 Å². The van der Waals surface area contributed by atoms with Crippen LogP contribution in [0.15, 0.2) is 29.4 Å². The van der Waals surface area contributed by atoms with Crippen LogP contribution < -0.4 is 0 Å². The van der Waals surface area contributed by atoms with E-state index in [4.69, 9.17) is 11.6 Å². The molecule has 1 heterocycles. The predicted molar refractivity (Wildman–Crippen MR) is 56.9 cm³/mol. The van der Waals surface area contributed by atoms with Gasteiger partial charge in [0, 0.05) is 27.3 Å². The van der Waals surface area contributed by atoms with Crippen LogP contribution in [0.4, 0.5) is 0 Å². The summed E-state index contributed by atoms with van der Waals surface area (Å²) in [6.45, 7) is 0. The van der Waals surface area contributed by atoms with Crippen molar-refractivity contribution in [3.05, 3.63) is 29.7 Å². The minimum absolute atomic E-state index is 0.420. The lowest BCUT2D eigenvalue weighted by Crippen LogP contribution is -1.89. The second-order valence-corrected chi connectivity index (χ2v) is 4.54. The number of benzene rings is 1. The summed E-state index contributed by atoms with van der Waals surface area (Å²) in [6, 6.07) is 5.32. The van der Waals surface area contributed by atoms with Crippen LogP contribution in [-0.4, -0.2) is 20.4 Å². The van der Waals surface area contributed by atoms with Crippen LogP contribution >= 0.6 is 11.6 Å². The Hall–Kier alpha value is -1.00. The monoisotopic (exact) mass is 226 g/mol. The van der Waals surface area contributed by atoms with Gasteiger partial charge in [0.25, 0.3) is 0 Å². The maximum atomic E-state index is 11.2. The fraction of sp³-hybridized carbons (Fsp3) is 0.111. The smallest absolute Gasteiger partial charge is 0.140 e. The molecule has 0 aliphatic rings. The number of hydrogen-bond acceptors (Lipinski definition) is 3. The zero-order valence-electron chi connectivity index (χ0n) is 7.40. The molecule has 0 bridgehead atoms. The normalized spacial score (nSPS) is 13.0. The fourth-order valence-electron chi connectivity index (χ4n) is 1.18. The summed E-state index contributed by atoms with van der Waals surface area (Å²) in [5.41, 5.74) is 0.720. The Bertz CT molecular complexity index is 515. The number of fused-ring (bicyclic) bond motifs is 1. The first kappa shape index (κ1) is 9.55. The Morgan fingerprint density at radius 1 is 1.36 bits per heavy atom. The average Bonchev–Trinajstić information content (AvgIpc) is 2.17. The average molecular weight is 227 g/mol. The van der Waals surface area contributed by atoms with Gasteiger partial charge in [0.15, 0.2) is 0 Å². The quantitative estimate of drug-likeness (QED) is 0.699. The zero-order valence-corrected chi connectivity index (χ0v) is 8.97. The van der Waals surface area contributed by atoms with E-state index in [0.717, 1.165) is 15.8 Å². The summed E-state index contributed by atoms with van der Waals surface area (Å²) in [5, 5.41) is 1.20. The van der Waals surface area contributed by atoms with Crippen molar-refractivity contribution in [2.24, 2.45) is 0 Å². The second-order valence-electron chi connectivity index (χ2n) is 2.80. The maximum absolute atomic E-state index is 11.2. The van der Waals surface area contributed by atoms with Crippen molar-refractivity contribution in [1.29, 1.82) is 0 Å². The number of rotatable bonds is 1. The molecule has 5 heteroatoms. The van der Waals surface area contributed by atoms with Crippen molar-refractivity contribution in [1.82, 2.24) is 9.97 Å². The van der Waals surface area contributed by atoms with Crippen molar-refractivity contribution in [2.75, 3.05) is 6.26 Å². The van der Waals surface area contributed by atoms with Crippen LogP contribution in [0.25, 0.3) is 10.9 Å². The molecule has 0 aliphatic carbocycles. The van der Waals surface area contributed by atoms with Crippen molar-refractivity contribution in [3.8, 4) is 0 Å². The highest BCUT2D eigenvalue weighted by Crippen LogP contribution is 2.20. The summed E-state index contributed by atoms with van der Waals surface area (Å²) in [6.07, 6.45) is 3.02. The fourth-order valence-corrected chi connectivity index (χ4v) is 1.92. The third kappa shape index (κ3) is 1.63. The third-order valence-corrected chi connectivity index (χ3v) is 3.11. The highest BCUT2D eigenvalue weighted by molar-refractivity contribution is 7.84. The SMILES string of the molecule is CS(=O)c1ccc2c(Cl)ncnc2c1. The van der Waals surface area contributed by atoms with Crippen LogP contribution in [0.2, 0.25) is 5.15 Å². The highest BCUT2D eigenvalue weighted by atomic mass is 35.5. The van der Waals surface area contributed by atoms with E-state index >= 15 is 0 Å². The number of aromatic nitrogens is 2. The molecule has 0 saturated heterocycles. The van der Waals surface area contributed by atoms with E-state index in [9.17, 15) is 4.21 Å². The molecule has 0 N–H and O–H groups in total. The lowest BCUT2D eigenvalue weighted by molar-refractivity contribution is 0.687. The van der Waals surface area contributed by atoms with Crippen LogP contribution in [0.5, 0.6) is 0 Å². The molecule has 1 unspecified atom stereocenters. The molecule has 2 rings (SSSR count). The second kappa shape index (κ2) is 3.63. The molecule has 3 nitrogen and oxygen atoms in total. The summed E-state index contributed by atoms with van der Waals surface area (Å²) in [5.74, 6) is 0. The number of hydrogen-bond donors (Lipinski definition) is 0. The summed E-state index contributed by atoms with van der Waals surface area (Å²) < 4.78 is 11.2. The molecule has 2 aromatic rings. The van der Waals surface area contributed by atoms with Gasteiger partial charge in [-0.15, -0.1) is 0 Å². The van der Waals surface area contributed by atoms with Gasteiger partial charge in [0.1, 0.15) is 11.5 Å². The van der Waals surface area contributed by atoms with Crippen molar-refractivity contribution >= 4 is 33.3 Å². The molecule has 0 saturated carbocycles. The first-order valence-electron chi connectivity index (χ1n) is 3.92. The van der Waals surface area contributed by atoms with E-state index in [1.54, 1.807) is 24.5 Å². The van der Waals surface area contributed by atoms with Gasteiger partial charge in [-0.2, -0.15) is 0 Å². The molecule has 1 aromatic heterocycles. The Morgan fingerprint density at radius 2 is 2.14 bits per heavy atom. The van der Waals surface area contributed by atoms with Crippen LogP contribution in [0, 0.1) is 0 Å². The van der Waals surface area contributed by atoms with Crippen molar-refractivity contribution < 1.29 is 4.21 Å². The summed E-state index contributed by atoms with van der Waals surface area (Å²) >= 11 is 5.86. The van der Waals surface area contributed by atoms with E-state index < -0.39 is 10.8 Å². The van der Waals surface area contributed by atoms with Crippen LogP contribution in [0.1, 0.15) is 0 Å². The molecule has 14 heavy (non-hydrogen) atoms. The van der Waals surface area contributed by atoms with E-state index in [0.29, 0.717) is 5.15 Å². The van der Waals surface area contributed by atoms with Gasteiger partial charge in [-0.05, 0) is 18.2 Å². The highest BCUT2D eigenvalue weighted by Gasteiger charge is 2.03. The minimum atomic E-state index is -0.995. The molecule has 0 radical (unpaired) electrons. The Kier molecular flexibility index (Phi) is 2.48.